The van der Waals surface area contributed by atoms with Crippen LogP contribution in [0.5, 0.6) is 0 Å². The maximum absolute atomic E-state index is 11.4. The van der Waals surface area contributed by atoms with Crippen LogP contribution < -0.4 is 0 Å². The van der Waals surface area contributed by atoms with Gasteiger partial charge in [-0.05, 0) is 98.7 Å². The molecular weight excluding hydrogens is 744 g/mol. The van der Waals surface area contributed by atoms with E-state index in [-0.39, 0.29) is 34.0 Å². The molecule has 2 aliphatic heterocycles. The van der Waals surface area contributed by atoms with Crippen LogP contribution in [0.1, 0.15) is 100 Å². The molecule has 21 atom stereocenters. The fourth-order valence-corrected chi connectivity index (χ4v) is 12.7. The third-order valence-electron chi connectivity index (χ3n) is 16.7. The Kier molecular flexibility index (Phi) is 12.9. The Hall–Kier alpha value is -0.860. The predicted molar refractivity (Wildman–Crippen MR) is 204 cm³/mol. The summed E-state index contributed by atoms with van der Waals surface area (Å²) in [6, 6.07) is 0. The lowest BCUT2D eigenvalue weighted by Crippen LogP contribution is -2.63. The molecule has 0 radical (unpaired) electrons. The summed E-state index contributed by atoms with van der Waals surface area (Å²) < 4.78 is 23.6. The standard InChI is InChI=1S/C42H72O15/c1-19(27(44)32(49)35(52)39(4,5)53)20-13-14-42(8)25-11-9-21-22(40(25,6)15-16-41(20,42)7)10-12-26(38(21,2)3)57-37-34(51)31(48)29(46)24(56-37)18-54-36-33(50)30(47)28(45)23(17-43)55-36/h9,19-20,22-37,43-53H,10-18H2,1-8H3/t19-,20+,22?,23-,24+,25?,26-,27-,28-,29+,30+,31-,32+,33-,34+,35+,36-,37-,40-,41+,42-/m0/s1. The number of aliphatic hydroxyl groups excluding tert-OH is 10. The van der Waals surface area contributed by atoms with Crippen molar-refractivity contribution in [3.8, 4) is 0 Å². The van der Waals surface area contributed by atoms with Crippen molar-refractivity contribution in [3.63, 3.8) is 0 Å². The molecule has 15 heteroatoms. The highest BCUT2D eigenvalue weighted by Crippen LogP contribution is 2.75. The van der Waals surface area contributed by atoms with Crippen molar-refractivity contribution in [2.45, 2.75) is 192 Å². The Morgan fingerprint density at radius 2 is 1.35 bits per heavy atom. The molecule has 3 saturated carbocycles. The van der Waals surface area contributed by atoms with Gasteiger partial charge in [0.2, 0.25) is 0 Å². The zero-order valence-electron chi connectivity index (χ0n) is 34.9. The number of hydrogen-bond donors (Lipinski definition) is 11. The van der Waals surface area contributed by atoms with E-state index < -0.39 is 110 Å². The highest BCUT2D eigenvalue weighted by Gasteiger charge is 2.68. The summed E-state index contributed by atoms with van der Waals surface area (Å²) in [5.74, 6) is 0.434. The molecule has 0 bridgehead atoms. The van der Waals surface area contributed by atoms with E-state index in [0.717, 1.165) is 38.5 Å². The molecular formula is C42H72O15. The third-order valence-corrected chi connectivity index (χ3v) is 16.7. The quantitative estimate of drug-likeness (QED) is 0.124. The molecule has 5 fully saturated rings. The monoisotopic (exact) mass is 816 g/mol. The summed E-state index contributed by atoms with van der Waals surface area (Å²) in [5.41, 5.74) is -0.959. The minimum absolute atomic E-state index is 0.0258. The number of hydrogen-bond acceptors (Lipinski definition) is 15. The number of rotatable bonds is 11. The second-order valence-electron chi connectivity index (χ2n) is 20.4. The second-order valence-corrected chi connectivity index (χ2v) is 20.4. The SMILES string of the molecule is C[C@H]([C@H](O)[C@@H](O)[C@@H](O)C(C)(C)O)[C@H]1CC[C@@]2(C)C3CC=C4C(CC[C@H](O[C@@H]5O[C@H](CO[C@H]6O[C@@H](CO)[C@H](O)[C@@H](O)[C@@H]6O)[C@@H](O)[C@H](O)[C@H]5O)C4(C)C)[C@]3(C)CC[C@]12C. The highest BCUT2D eigenvalue weighted by atomic mass is 16.7. The van der Waals surface area contributed by atoms with Gasteiger partial charge >= 0.3 is 0 Å². The first kappa shape index (κ1) is 45.7. The Morgan fingerprint density at radius 1 is 0.754 bits per heavy atom. The van der Waals surface area contributed by atoms with Crippen molar-refractivity contribution in [2.24, 2.45) is 45.3 Å². The molecule has 6 aliphatic rings. The summed E-state index contributed by atoms with van der Waals surface area (Å²) >= 11 is 0. The van der Waals surface area contributed by atoms with Crippen LogP contribution in [0.4, 0.5) is 0 Å². The Bertz CT molecular complexity index is 1440. The molecule has 57 heavy (non-hydrogen) atoms. The molecule has 0 aromatic rings. The molecule has 330 valence electrons. The van der Waals surface area contributed by atoms with Crippen molar-refractivity contribution >= 4 is 0 Å². The molecule has 0 amide bonds. The highest BCUT2D eigenvalue weighted by molar-refractivity contribution is 5.30. The summed E-state index contributed by atoms with van der Waals surface area (Å²) in [6.45, 7) is 15.2. The summed E-state index contributed by atoms with van der Waals surface area (Å²) in [4.78, 5) is 0. The topological polar surface area (TPSA) is 259 Å². The van der Waals surface area contributed by atoms with E-state index >= 15 is 0 Å². The average molecular weight is 817 g/mol. The minimum Gasteiger partial charge on any atom is -0.394 e. The van der Waals surface area contributed by atoms with E-state index in [2.05, 4.69) is 40.7 Å². The fourth-order valence-electron chi connectivity index (χ4n) is 12.7. The first-order valence-corrected chi connectivity index (χ1v) is 21.1. The zero-order valence-corrected chi connectivity index (χ0v) is 34.9. The van der Waals surface area contributed by atoms with Crippen LogP contribution in [-0.4, -0.2) is 161 Å². The lowest BCUT2D eigenvalue weighted by Gasteiger charge is -2.66. The molecule has 0 spiro atoms. The maximum atomic E-state index is 11.4. The summed E-state index contributed by atoms with van der Waals surface area (Å²) in [7, 11) is 0. The number of ether oxygens (including phenoxy) is 4. The molecule has 2 unspecified atom stereocenters. The Morgan fingerprint density at radius 3 is 1.96 bits per heavy atom. The van der Waals surface area contributed by atoms with Gasteiger partial charge in [0.25, 0.3) is 0 Å². The number of fused-ring (bicyclic) bond motifs is 5. The van der Waals surface area contributed by atoms with Gasteiger partial charge in [-0.3, -0.25) is 0 Å². The lowest BCUT2D eigenvalue weighted by atomic mass is 9.39. The molecule has 4 aliphatic carbocycles. The van der Waals surface area contributed by atoms with Gasteiger partial charge in [-0.25, -0.2) is 0 Å². The van der Waals surface area contributed by atoms with E-state index in [1.54, 1.807) is 0 Å². The van der Waals surface area contributed by atoms with Crippen LogP contribution in [-0.2, 0) is 18.9 Å². The summed E-state index contributed by atoms with van der Waals surface area (Å²) in [5, 5.41) is 116. The van der Waals surface area contributed by atoms with Gasteiger partial charge in [0.1, 0.15) is 61.0 Å². The molecule has 11 N–H and O–H groups in total. The first-order valence-electron chi connectivity index (χ1n) is 21.1. The smallest absolute Gasteiger partial charge is 0.187 e. The Balaban J connectivity index is 1.15. The second kappa shape index (κ2) is 16.1. The van der Waals surface area contributed by atoms with Gasteiger partial charge < -0.3 is 75.1 Å². The molecule has 6 rings (SSSR count). The lowest BCUT2D eigenvalue weighted by molar-refractivity contribution is -0.340. The fraction of sp³-hybridized carbons (Fsp3) is 0.952. The molecule has 0 aromatic carbocycles. The van der Waals surface area contributed by atoms with Crippen molar-refractivity contribution in [3.05, 3.63) is 11.6 Å². The molecule has 2 heterocycles. The van der Waals surface area contributed by atoms with Crippen LogP contribution >= 0.6 is 0 Å². The first-order chi connectivity index (χ1) is 26.4. The molecule has 15 nitrogen and oxygen atoms in total. The molecule has 2 saturated heterocycles. The van der Waals surface area contributed by atoms with E-state index in [1.165, 1.54) is 19.4 Å². The van der Waals surface area contributed by atoms with Gasteiger partial charge in [-0.1, -0.05) is 53.2 Å². The van der Waals surface area contributed by atoms with Gasteiger partial charge in [0.05, 0.1) is 31.0 Å². The van der Waals surface area contributed by atoms with Crippen molar-refractivity contribution in [1.82, 2.24) is 0 Å². The van der Waals surface area contributed by atoms with Crippen molar-refractivity contribution in [1.29, 1.82) is 0 Å². The van der Waals surface area contributed by atoms with Crippen molar-refractivity contribution in [2.75, 3.05) is 13.2 Å². The van der Waals surface area contributed by atoms with E-state index in [0.29, 0.717) is 12.3 Å². The van der Waals surface area contributed by atoms with E-state index in [4.69, 9.17) is 18.9 Å². The van der Waals surface area contributed by atoms with Gasteiger partial charge in [-0.2, -0.15) is 0 Å². The maximum Gasteiger partial charge on any atom is 0.187 e. The van der Waals surface area contributed by atoms with Crippen LogP contribution in [0, 0.1) is 45.3 Å². The molecule has 0 aromatic heterocycles. The van der Waals surface area contributed by atoms with Crippen molar-refractivity contribution < 1.29 is 75.1 Å². The number of allylic oxidation sites excluding steroid dienone is 1. The Labute approximate surface area is 336 Å². The van der Waals surface area contributed by atoms with Crippen LogP contribution in [0.25, 0.3) is 0 Å². The minimum atomic E-state index is -1.67. The predicted octanol–water partition coefficient (Wildman–Crippen LogP) is 0.0906. The third kappa shape index (κ3) is 7.49. The van der Waals surface area contributed by atoms with Crippen LogP contribution in [0.15, 0.2) is 11.6 Å². The van der Waals surface area contributed by atoms with Crippen LogP contribution in [0.3, 0.4) is 0 Å². The van der Waals surface area contributed by atoms with E-state index in [1.807, 2.05) is 6.92 Å². The zero-order chi connectivity index (χ0) is 42.4. The van der Waals surface area contributed by atoms with Crippen LogP contribution in [0.2, 0.25) is 0 Å². The largest absolute Gasteiger partial charge is 0.394 e. The summed E-state index contributed by atoms with van der Waals surface area (Å²) in [6.07, 6.45) is -11.0. The van der Waals surface area contributed by atoms with Gasteiger partial charge in [0.15, 0.2) is 12.6 Å². The number of aliphatic hydroxyl groups is 11. The van der Waals surface area contributed by atoms with Gasteiger partial charge in [-0.15, -0.1) is 0 Å². The normalized spacial score (nSPS) is 49.5. The average Bonchev–Trinajstić information content (AvgIpc) is 3.43. The van der Waals surface area contributed by atoms with E-state index in [9.17, 15) is 56.2 Å². The van der Waals surface area contributed by atoms with Gasteiger partial charge in [0, 0.05) is 5.41 Å².